The second kappa shape index (κ2) is 6.23. The molecule has 0 aromatic rings. The maximum absolute atomic E-state index is 11.5. The van der Waals surface area contributed by atoms with Crippen molar-refractivity contribution in [3.05, 3.63) is 0 Å². The molecular weight excluding hydrogens is 198 g/mol. The van der Waals surface area contributed by atoms with E-state index in [4.69, 9.17) is 10.5 Å². The Hall–Kier alpha value is -1.30. The molecule has 1 fully saturated rings. The summed E-state index contributed by atoms with van der Waals surface area (Å²) in [6.45, 7) is 2.92. The summed E-state index contributed by atoms with van der Waals surface area (Å²) in [4.78, 5) is 23.6. The summed E-state index contributed by atoms with van der Waals surface area (Å²) in [6, 6.07) is -0.0947. The quantitative estimate of drug-likeness (QED) is 0.608. The molecule has 0 atom stereocenters. The number of morpholine rings is 1. The van der Waals surface area contributed by atoms with Crippen LogP contribution in [0.2, 0.25) is 0 Å². The van der Waals surface area contributed by atoms with Crippen LogP contribution >= 0.6 is 0 Å². The van der Waals surface area contributed by atoms with Crippen LogP contribution in [-0.2, 0) is 9.53 Å². The molecule has 0 aromatic carbocycles. The van der Waals surface area contributed by atoms with Crippen LogP contribution in [0.4, 0.5) is 4.79 Å². The lowest BCUT2D eigenvalue weighted by atomic mass is 10.3. The number of carbonyl (C=O) groups is 2. The van der Waals surface area contributed by atoms with Crippen molar-refractivity contribution >= 4 is 11.9 Å². The molecule has 1 heterocycles. The fourth-order valence-electron chi connectivity index (χ4n) is 1.34. The summed E-state index contributed by atoms with van der Waals surface area (Å²) in [7, 11) is 0. The minimum atomic E-state index is -0.337. The van der Waals surface area contributed by atoms with Gasteiger partial charge >= 0.3 is 6.03 Å². The van der Waals surface area contributed by atoms with Gasteiger partial charge in [-0.2, -0.15) is 0 Å². The number of rotatable bonds is 4. The molecule has 0 aromatic heterocycles. The Morgan fingerprint density at radius 2 is 2.00 bits per heavy atom. The largest absolute Gasteiger partial charge is 0.378 e. The van der Waals surface area contributed by atoms with E-state index in [1.54, 1.807) is 4.90 Å². The fraction of sp³-hybridized carbons (Fsp3) is 0.778. The molecule has 0 bridgehead atoms. The third-order valence-electron chi connectivity index (χ3n) is 2.17. The molecule has 1 aliphatic rings. The molecule has 0 spiro atoms. The van der Waals surface area contributed by atoms with E-state index in [0.717, 1.165) is 0 Å². The molecule has 1 aliphatic heterocycles. The van der Waals surface area contributed by atoms with Crippen molar-refractivity contribution in [2.45, 2.75) is 12.8 Å². The molecule has 15 heavy (non-hydrogen) atoms. The van der Waals surface area contributed by atoms with Crippen LogP contribution in [0.5, 0.6) is 0 Å². The SMILES string of the molecule is NC(=O)CCCNC(=O)N1CCOCC1. The Morgan fingerprint density at radius 1 is 1.33 bits per heavy atom. The van der Waals surface area contributed by atoms with Crippen LogP contribution in [-0.4, -0.2) is 49.7 Å². The monoisotopic (exact) mass is 215 g/mol. The number of primary amides is 1. The summed E-state index contributed by atoms with van der Waals surface area (Å²) in [5, 5.41) is 2.73. The normalized spacial score (nSPS) is 16.1. The second-order valence-corrected chi connectivity index (χ2v) is 3.40. The number of nitrogens with one attached hydrogen (secondary N) is 1. The van der Waals surface area contributed by atoms with E-state index in [1.807, 2.05) is 0 Å². The van der Waals surface area contributed by atoms with Crippen molar-refractivity contribution in [1.29, 1.82) is 0 Å². The Bertz CT molecular complexity index is 227. The van der Waals surface area contributed by atoms with Gasteiger partial charge < -0.3 is 20.7 Å². The number of hydrogen-bond donors (Lipinski definition) is 2. The fourth-order valence-corrected chi connectivity index (χ4v) is 1.34. The molecule has 0 radical (unpaired) electrons. The molecule has 1 saturated heterocycles. The first kappa shape index (κ1) is 11.8. The van der Waals surface area contributed by atoms with Crippen molar-refractivity contribution in [3.63, 3.8) is 0 Å². The van der Waals surface area contributed by atoms with E-state index in [2.05, 4.69) is 5.32 Å². The first-order valence-corrected chi connectivity index (χ1v) is 5.09. The van der Waals surface area contributed by atoms with E-state index in [0.29, 0.717) is 45.7 Å². The van der Waals surface area contributed by atoms with Gasteiger partial charge in [-0.05, 0) is 6.42 Å². The minimum Gasteiger partial charge on any atom is -0.378 e. The molecule has 0 aliphatic carbocycles. The Labute approximate surface area is 88.7 Å². The van der Waals surface area contributed by atoms with E-state index in [-0.39, 0.29) is 11.9 Å². The van der Waals surface area contributed by atoms with Gasteiger partial charge in [-0.3, -0.25) is 4.79 Å². The first-order chi connectivity index (χ1) is 7.20. The van der Waals surface area contributed by atoms with Crippen molar-refractivity contribution in [1.82, 2.24) is 10.2 Å². The van der Waals surface area contributed by atoms with Gasteiger partial charge in [0, 0.05) is 26.1 Å². The van der Waals surface area contributed by atoms with Crippen molar-refractivity contribution in [2.75, 3.05) is 32.8 Å². The average molecular weight is 215 g/mol. The third-order valence-corrected chi connectivity index (χ3v) is 2.17. The minimum absolute atomic E-state index is 0.0947. The molecule has 6 nitrogen and oxygen atoms in total. The lowest BCUT2D eigenvalue weighted by molar-refractivity contribution is -0.118. The van der Waals surface area contributed by atoms with E-state index in [1.165, 1.54) is 0 Å². The maximum Gasteiger partial charge on any atom is 0.317 e. The second-order valence-electron chi connectivity index (χ2n) is 3.40. The Kier molecular flexibility index (Phi) is 4.89. The number of urea groups is 1. The highest BCUT2D eigenvalue weighted by Crippen LogP contribution is 1.97. The smallest absolute Gasteiger partial charge is 0.317 e. The van der Waals surface area contributed by atoms with Crippen LogP contribution < -0.4 is 11.1 Å². The first-order valence-electron chi connectivity index (χ1n) is 5.09. The summed E-state index contributed by atoms with van der Waals surface area (Å²) < 4.78 is 5.12. The number of nitrogens with zero attached hydrogens (tertiary/aromatic N) is 1. The van der Waals surface area contributed by atoms with Crippen molar-refractivity contribution in [3.8, 4) is 0 Å². The van der Waals surface area contributed by atoms with Gasteiger partial charge in [0.2, 0.25) is 5.91 Å². The Balaban J connectivity index is 2.09. The number of hydrogen-bond acceptors (Lipinski definition) is 3. The van der Waals surface area contributed by atoms with Gasteiger partial charge in [-0.15, -0.1) is 0 Å². The van der Waals surface area contributed by atoms with E-state index >= 15 is 0 Å². The summed E-state index contributed by atoms with van der Waals surface area (Å²) >= 11 is 0. The predicted octanol–water partition coefficient (Wildman–Crippen LogP) is -0.706. The summed E-state index contributed by atoms with van der Waals surface area (Å²) in [6.07, 6.45) is 0.898. The van der Waals surface area contributed by atoms with Crippen LogP contribution in [0.3, 0.4) is 0 Å². The molecule has 3 amide bonds. The van der Waals surface area contributed by atoms with Gasteiger partial charge in [0.05, 0.1) is 13.2 Å². The highest BCUT2D eigenvalue weighted by molar-refractivity contribution is 5.75. The van der Waals surface area contributed by atoms with Gasteiger partial charge in [-0.25, -0.2) is 4.79 Å². The highest BCUT2D eigenvalue weighted by atomic mass is 16.5. The number of carbonyl (C=O) groups excluding carboxylic acids is 2. The molecule has 3 N–H and O–H groups in total. The van der Waals surface area contributed by atoms with E-state index in [9.17, 15) is 9.59 Å². The molecule has 1 rings (SSSR count). The molecule has 86 valence electrons. The zero-order valence-corrected chi connectivity index (χ0v) is 8.70. The van der Waals surface area contributed by atoms with Gasteiger partial charge in [0.15, 0.2) is 0 Å². The maximum atomic E-state index is 11.5. The van der Waals surface area contributed by atoms with Crippen molar-refractivity contribution in [2.24, 2.45) is 5.73 Å². The lowest BCUT2D eigenvalue weighted by Gasteiger charge is -2.26. The lowest BCUT2D eigenvalue weighted by Crippen LogP contribution is -2.46. The van der Waals surface area contributed by atoms with Crippen LogP contribution in [0.1, 0.15) is 12.8 Å². The highest BCUT2D eigenvalue weighted by Gasteiger charge is 2.15. The molecule has 0 saturated carbocycles. The summed E-state index contributed by atoms with van der Waals surface area (Å²) in [5.41, 5.74) is 4.97. The molecule has 6 heteroatoms. The zero-order valence-electron chi connectivity index (χ0n) is 8.70. The number of ether oxygens (including phenoxy) is 1. The standard InChI is InChI=1S/C9H17N3O3/c10-8(13)2-1-3-11-9(14)12-4-6-15-7-5-12/h1-7H2,(H2,10,13)(H,11,14). The van der Waals surface area contributed by atoms with Crippen LogP contribution in [0.15, 0.2) is 0 Å². The molecular formula is C9H17N3O3. The Morgan fingerprint density at radius 3 is 2.60 bits per heavy atom. The summed E-state index contributed by atoms with van der Waals surface area (Å²) in [5.74, 6) is -0.337. The topological polar surface area (TPSA) is 84.7 Å². The number of nitrogens with two attached hydrogens (primary N) is 1. The van der Waals surface area contributed by atoms with Crippen LogP contribution in [0.25, 0.3) is 0 Å². The third kappa shape index (κ3) is 4.64. The zero-order chi connectivity index (χ0) is 11.1. The molecule has 0 unspecified atom stereocenters. The van der Waals surface area contributed by atoms with Crippen molar-refractivity contribution < 1.29 is 14.3 Å². The van der Waals surface area contributed by atoms with Gasteiger partial charge in [-0.1, -0.05) is 0 Å². The average Bonchev–Trinajstić information content (AvgIpc) is 2.25. The van der Waals surface area contributed by atoms with Gasteiger partial charge in [0.1, 0.15) is 0 Å². The van der Waals surface area contributed by atoms with Crippen LogP contribution in [0, 0.1) is 0 Å². The predicted molar refractivity (Wildman–Crippen MR) is 54.2 cm³/mol. The number of amides is 3. The van der Waals surface area contributed by atoms with Gasteiger partial charge in [0.25, 0.3) is 0 Å². The van der Waals surface area contributed by atoms with E-state index < -0.39 is 0 Å².